The van der Waals surface area contributed by atoms with Gasteiger partial charge >= 0.3 is 6.09 Å². The van der Waals surface area contributed by atoms with Crippen molar-refractivity contribution in [1.29, 1.82) is 0 Å². The van der Waals surface area contributed by atoms with Crippen LogP contribution >= 0.6 is 0 Å². The van der Waals surface area contributed by atoms with Gasteiger partial charge in [0, 0.05) is 25.2 Å². The van der Waals surface area contributed by atoms with Gasteiger partial charge in [-0.05, 0) is 59.8 Å². The van der Waals surface area contributed by atoms with Crippen molar-refractivity contribution < 1.29 is 9.53 Å². The molecule has 6 nitrogen and oxygen atoms in total. The van der Waals surface area contributed by atoms with Gasteiger partial charge in [0.1, 0.15) is 5.60 Å². The smallest absolute Gasteiger partial charge is 0.410 e. The Balaban J connectivity index is 2.51. The largest absolute Gasteiger partial charge is 0.444 e. The molecule has 0 saturated carbocycles. The van der Waals surface area contributed by atoms with E-state index in [1.165, 1.54) is 0 Å². The van der Waals surface area contributed by atoms with Gasteiger partial charge in [0.25, 0.3) is 0 Å². The Hall–Kier alpha value is -1.46. The first-order chi connectivity index (χ1) is 10.3. The van der Waals surface area contributed by atoms with Crippen molar-refractivity contribution in [1.82, 2.24) is 10.2 Å². The molecule has 0 aromatic rings. The van der Waals surface area contributed by atoms with E-state index in [0.29, 0.717) is 25.6 Å². The topological polar surface area (TPSA) is 80.0 Å². The molecule has 1 aliphatic rings. The van der Waals surface area contributed by atoms with E-state index in [-0.39, 0.29) is 17.0 Å². The van der Waals surface area contributed by atoms with Gasteiger partial charge in [-0.2, -0.15) is 0 Å². The van der Waals surface area contributed by atoms with Crippen molar-refractivity contribution in [3.63, 3.8) is 0 Å². The summed E-state index contributed by atoms with van der Waals surface area (Å²) in [6.07, 6.45) is 1.58. The second-order valence-electron chi connectivity index (χ2n) is 8.85. The normalized spacial score (nSPS) is 19.4. The molecule has 0 atom stereocenters. The molecule has 1 rings (SSSR count). The molecule has 0 aromatic heterocycles. The lowest BCUT2D eigenvalue weighted by atomic mass is 9.80. The van der Waals surface area contributed by atoms with E-state index >= 15 is 0 Å². The molecule has 0 aromatic carbocycles. The Morgan fingerprint density at radius 3 is 2.17 bits per heavy atom. The third-order valence-electron chi connectivity index (χ3n) is 3.76. The third-order valence-corrected chi connectivity index (χ3v) is 3.76. The predicted molar refractivity (Wildman–Crippen MR) is 94.5 cm³/mol. The Kier molecular flexibility index (Phi) is 5.94. The summed E-state index contributed by atoms with van der Waals surface area (Å²) in [5.41, 5.74) is 5.47. The van der Waals surface area contributed by atoms with E-state index in [1.807, 2.05) is 20.8 Å². The number of ether oxygens (including phenoxy) is 1. The maximum atomic E-state index is 12.1. The van der Waals surface area contributed by atoms with Crippen LogP contribution in [0.15, 0.2) is 4.99 Å². The summed E-state index contributed by atoms with van der Waals surface area (Å²) in [5.74, 6) is 0.480. The fourth-order valence-electron chi connectivity index (χ4n) is 2.41. The number of nitrogens with zero attached hydrogens (tertiary/aromatic N) is 2. The quantitative estimate of drug-likeness (QED) is 0.604. The van der Waals surface area contributed by atoms with Gasteiger partial charge in [-0.3, -0.25) is 4.99 Å². The molecule has 1 heterocycles. The summed E-state index contributed by atoms with van der Waals surface area (Å²) in [6, 6.07) is 0. The second-order valence-corrected chi connectivity index (χ2v) is 8.85. The van der Waals surface area contributed by atoms with Gasteiger partial charge in [-0.15, -0.1) is 0 Å². The molecular weight excluding hydrogens is 292 g/mol. The first-order valence-corrected chi connectivity index (χ1v) is 8.36. The number of carbonyl (C=O) groups is 1. The molecule has 1 fully saturated rings. The van der Waals surface area contributed by atoms with Crippen LogP contribution in [0.5, 0.6) is 0 Å². The van der Waals surface area contributed by atoms with Crippen molar-refractivity contribution in [2.75, 3.05) is 19.6 Å². The van der Waals surface area contributed by atoms with Crippen LogP contribution in [0.3, 0.4) is 0 Å². The Labute approximate surface area is 140 Å². The monoisotopic (exact) mass is 326 g/mol. The molecule has 0 spiro atoms. The highest BCUT2D eigenvalue weighted by Gasteiger charge is 2.33. The lowest BCUT2D eigenvalue weighted by Crippen LogP contribution is -2.47. The van der Waals surface area contributed by atoms with Crippen molar-refractivity contribution in [2.45, 2.75) is 72.4 Å². The number of piperidine rings is 1. The van der Waals surface area contributed by atoms with Crippen LogP contribution in [0.25, 0.3) is 0 Å². The summed E-state index contributed by atoms with van der Waals surface area (Å²) in [7, 11) is 0. The van der Waals surface area contributed by atoms with Gasteiger partial charge in [0.15, 0.2) is 5.96 Å². The maximum Gasteiger partial charge on any atom is 0.410 e. The van der Waals surface area contributed by atoms with Crippen LogP contribution in [0.2, 0.25) is 0 Å². The fraction of sp³-hybridized carbons (Fsp3) is 0.882. The Morgan fingerprint density at radius 2 is 1.74 bits per heavy atom. The van der Waals surface area contributed by atoms with Gasteiger partial charge in [0.05, 0.1) is 0 Å². The number of carbonyl (C=O) groups excluding carboxylic acids is 1. The molecule has 23 heavy (non-hydrogen) atoms. The van der Waals surface area contributed by atoms with Gasteiger partial charge in [-0.25, -0.2) is 4.79 Å². The number of rotatable bonds is 2. The maximum absolute atomic E-state index is 12.1. The molecule has 6 heteroatoms. The highest BCUT2D eigenvalue weighted by Crippen LogP contribution is 2.31. The zero-order valence-corrected chi connectivity index (χ0v) is 15.8. The standard InChI is InChI=1S/C17H34N4O2/c1-15(2,3)20-13(18)19-12-17(7)8-10-21(11-9-17)14(22)23-16(4,5)6/h8-12H2,1-7H3,(H3,18,19,20). The third kappa shape index (κ3) is 7.57. The van der Waals surface area contributed by atoms with Crippen LogP contribution < -0.4 is 11.1 Å². The molecule has 1 saturated heterocycles. The fourth-order valence-corrected chi connectivity index (χ4v) is 2.41. The predicted octanol–water partition coefficient (Wildman–Crippen LogP) is 2.73. The summed E-state index contributed by atoms with van der Waals surface area (Å²) < 4.78 is 5.43. The van der Waals surface area contributed by atoms with Crippen molar-refractivity contribution >= 4 is 12.1 Å². The van der Waals surface area contributed by atoms with Crippen LogP contribution in [-0.4, -0.2) is 47.7 Å². The number of likely N-dealkylation sites (tertiary alicyclic amines) is 1. The molecule has 0 aliphatic carbocycles. The van der Waals surface area contributed by atoms with Gasteiger partial charge in [0.2, 0.25) is 0 Å². The first kappa shape index (κ1) is 19.6. The SMILES string of the molecule is CC1(CN=C(N)NC(C)(C)C)CCN(C(=O)OC(C)(C)C)CC1. The number of aliphatic imine (C=N–C) groups is 1. The number of nitrogens with two attached hydrogens (primary N) is 1. The highest BCUT2D eigenvalue weighted by molar-refractivity contribution is 5.78. The molecule has 134 valence electrons. The zero-order chi connectivity index (χ0) is 17.9. The van der Waals surface area contributed by atoms with E-state index in [9.17, 15) is 4.79 Å². The molecule has 0 radical (unpaired) electrons. The van der Waals surface area contributed by atoms with Crippen LogP contribution in [-0.2, 0) is 4.74 Å². The minimum Gasteiger partial charge on any atom is -0.444 e. The first-order valence-electron chi connectivity index (χ1n) is 8.36. The minimum absolute atomic E-state index is 0.0721. The zero-order valence-electron chi connectivity index (χ0n) is 15.8. The summed E-state index contributed by atoms with van der Waals surface area (Å²) >= 11 is 0. The van der Waals surface area contributed by atoms with Crippen LogP contribution in [0, 0.1) is 5.41 Å². The van der Waals surface area contributed by atoms with Crippen molar-refractivity contribution in [3.05, 3.63) is 0 Å². The Bertz CT molecular complexity index is 438. The molecular formula is C17H34N4O2. The lowest BCUT2D eigenvalue weighted by molar-refractivity contribution is 0.0127. The van der Waals surface area contributed by atoms with E-state index in [4.69, 9.17) is 10.5 Å². The number of hydrogen-bond acceptors (Lipinski definition) is 3. The second kappa shape index (κ2) is 6.97. The van der Waals surface area contributed by atoms with E-state index in [2.05, 4.69) is 38.0 Å². The average molecular weight is 326 g/mol. The molecule has 0 bridgehead atoms. The summed E-state index contributed by atoms with van der Waals surface area (Å²) in [5, 5.41) is 3.17. The van der Waals surface area contributed by atoms with Crippen molar-refractivity contribution in [3.8, 4) is 0 Å². The molecule has 1 aliphatic heterocycles. The van der Waals surface area contributed by atoms with Crippen molar-refractivity contribution in [2.24, 2.45) is 16.1 Å². The number of guanidine groups is 1. The number of amides is 1. The number of hydrogen-bond donors (Lipinski definition) is 2. The van der Waals surface area contributed by atoms with E-state index in [0.717, 1.165) is 12.8 Å². The lowest BCUT2D eigenvalue weighted by Gasteiger charge is -2.39. The minimum atomic E-state index is -0.449. The van der Waals surface area contributed by atoms with Gasteiger partial charge < -0.3 is 20.7 Å². The van der Waals surface area contributed by atoms with Gasteiger partial charge in [-0.1, -0.05) is 6.92 Å². The summed E-state index contributed by atoms with van der Waals surface area (Å²) in [6.45, 7) is 16.1. The highest BCUT2D eigenvalue weighted by atomic mass is 16.6. The Morgan fingerprint density at radius 1 is 1.22 bits per heavy atom. The van der Waals surface area contributed by atoms with E-state index < -0.39 is 5.60 Å². The molecule has 3 N–H and O–H groups in total. The van der Waals surface area contributed by atoms with E-state index in [1.54, 1.807) is 4.90 Å². The average Bonchev–Trinajstić information content (AvgIpc) is 2.33. The molecule has 0 unspecified atom stereocenters. The number of nitrogens with one attached hydrogen (secondary N) is 1. The summed E-state index contributed by atoms with van der Waals surface area (Å²) in [4.78, 5) is 18.4. The van der Waals surface area contributed by atoms with Crippen LogP contribution in [0.1, 0.15) is 61.3 Å². The van der Waals surface area contributed by atoms with Crippen LogP contribution in [0.4, 0.5) is 4.79 Å². The molecule has 1 amide bonds.